The van der Waals surface area contributed by atoms with Gasteiger partial charge in [-0.3, -0.25) is 0 Å². The average molecular weight is 455 g/mol. The number of nitrogen functional groups attached to an aromatic ring is 1. The van der Waals surface area contributed by atoms with Crippen LogP contribution in [0.5, 0.6) is 0 Å². The lowest BCUT2D eigenvalue weighted by Crippen LogP contribution is -2.15. The van der Waals surface area contributed by atoms with Crippen LogP contribution < -0.4 is 11.1 Å². The number of nitrogens with one attached hydrogen (secondary N) is 1. The minimum atomic E-state index is -0.426. The maximum Gasteiger partial charge on any atom is 0.337 e. The number of aryl methyl sites for hydroxylation is 1. The van der Waals surface area contributed by atoms with Crippen molar-refractivity contribution in [3.63, 3.8) is 0 Å². The number of aliphatic hydroxyl groups excluding tert-OH is 1. The summed E-state index contributed by atoms with van der Waals surface area (Å²) in [4.78, 5) is 20.4. The molecule has 4 N–H and O–H groups in total. The summed E-state index contributed by atoms with van der Waals surface area (Å²) in [6.45, 7) is 12.3. The SMILES string of the molecule is C=C(/C=C\C=C/CC#Cc1c(CC)nc(N)nc1NCCC(CO)CCC)C(=O)OC(C)C. The Morgan fingerprint density at radius 1 is 1.27 bits per heavy atom. The molecule has 0 amide bonds. The minimum Gasteiger partial charge on any atom is -0.459 e. The molecule has 0 radical (unpaired) electrons. The Kier molecular flexibility index (Phi) is 13.2. The van der Waals surface area contributed by atoms with Gasteiger partial charge in [0.05, 0.1) is 22.9 Å². The number of nitrogens with two attached hydrogens (primary N) is 1. The van der Waals surface area contributed by atoms with Crippen molar-refractivity contribution in [2.75, 3.05) is 24.2 Å². The first-order valence-corrected chi connectivity index (χ1v) is 11.5. The Balaban J connectivity index is 2.79. The van der Waals surface area contributed by atoms with E-state index in [4.69, 9.17) is 10.5 Å². The highest BCUT2D eigenvalue weighted by atomic mass is 16.5. The predicted octanol–water partition coefficient (Wildman–Crippen LogP) is 4.19. The molecule has 0 bridgehead atoms. The molecule has 1 heterocycles. The average Bonchev–Trinajstić information content (AvgIpc) is 2.77. The first kappa shape index (κ1) is 27.9. The molecule has 0 aromatic carbocycles. The highest BCUT2D eigenvalue weighted by Crippen LogP contribution is 2.19. The normalized spacial score (nSPS) is 12.1. The van der Waals surface area contributed by atoms with Crippen LogP contribution in [0.25, 0.3) is 0 Å². The van der Waals surface area contributed by atoms with E-state index >= 15 is 0 Å². The fourth-order valence-electron chi connectivity index (χ4n) is 3.05. The number of hydrogen-bond acceptors (Lipinski definition) is 7. The number of nitrogens with zero attached hydrogens (tertiary/aromatic N) is 2. The molecule has 0 fully saturated rings. The highest BCUT2D eigenvalue weighted by molar-refractivity contribution is 5.90. The third kappa shape index (κ3) is 10.8. The Bertz CT molecular complexity index is 895. The fraction of sp³-hybridized carbons (Fsp3) is 0.500. The van der Waals surface area contributed by atoms with E-state index in [1.165, 1.54) is 0 Å². The van der Waals surface area contributed by atoms with Crippen LogP contribution in [-0.2, 0) is 16.0 Å². The third-order valence-electron chi connectivity index (χ3n) is 4.72. The van der Waals surface area contributed by atoms with E-state index in [0.717, 1.165) is 30.5 Å². The van der Waals surface area contributed by atoms with Gasteiger partial charge in [-0.25, -0.2) is 9.78 Å². The van der Waals surface area contributed by atoms with Crippen LogP contribution in [-0.4, -0.2) is 40.3 Å². The van der Waals surface area contributed by atoms with Crippen molar-refractivity contribution in [1.82, 2.24) is 9.97 Å². The predicted molar refractivity (Wildman–Crippen MR) is 135 cm³/mol. The van der Waals surface area contributed by atoms with Crippen molar-refractivity contribution in [2.45, 2.75) is 65.9 Å². The summed E-state index contributed by atoms with van der Waals surface area (Å²) >= 11 is 0. The summed E-state index contributed by atoms with van der Waals surface area (Å²) in [7, 11) is 0. The molecule has 1 aromatic rings. The smallest absolute Gasteiger partial charge is 0.337 e. The topological polar surface area (TPSA) is 110 Å². The summed E-state index contributed by atoms with van der Waals surface area (Å²) in [6.07, 6.45) is 10.9. The van der Waals surface area contributed by atoms with Gasteiger partial charge in [0.25, 0.3) is 0 Å². The van der Waals surface area contributed by atoms with Gasteiger partial charge in [-0.2, -0.15) is 4.98 Å². The van der Waals surface area contributed by atoms with Gasteiger partial charge >= 0.3 is 5.97 Å². The van der Waals surface area contributed by atoms with E-state index < -0.39 is 5.97 Å². The maximum absolute atomic E-state index is 11.7. The van der Waals surface area contributed by atoms with Crippen molar-refractivity contribution in [1.29, 1.82) is 0 Å². The molecule has 0 saturated carbocycles. The summed E-state index contributed by atoms with van der Waals surface area (Å²) in [5, 5.41) is 12.8. The van der Waals surface area contributed by atoms with Crippen molar-refractivity contribution in [3.05, 3.63) is 47.7 Å². The van der Waals surface area contributed by atoms with Crippen molar-refractivity contribution in [3.8, 4) is 11.8 Å². The summed E-state index contributed by atoms with van der Waals surface area (Å²) < 4.78 is 5.08. The molecule has 1 aromatic heterocycles. The van der Waals surface area contributed by atoms with E-state index in [-0.39, 0.29) is 24.6 Å². The van der Waals surface area contributed by atoms with Gasteiger partial charge < -0.3 is 20.9 Å². The monoisotopic (exact) mass is 454 g/mol. The number of aromatic nitrogens is 2. The molecule has 180 valence electrons. The largest absolute Gasteiger partial charge is 0.459 e. The van der Waals surface area contributed by atoms with E-state index in [1.54, 1.807) is 26.0 Å². The van der Waals surface area contributed by atoms with Crippen molar-refractivity contribution >= 4 is 17.7 Å². The number of hydrogen-bond donors (Lipinski definition) is 3. The second-order valence-corrected chi connectivity index (χ2v) is 7.93. The number of rotatable bonds is 13. The van der Waals surface area contributed by atoms with E-state index in [1.807, 2.05) is 19.1 Å². The Morgan fingerprint density at radius 3 is 2.67 bits per heavy atom. The lowest BCUT2D eigenvalue weighted by atomic mass is 10.0. The molecule has 7 nitrogen and oxygen atoms in total. The lowest BCUT2D eigenvalue weighted by molar-refractivity contribution is -0.142. The number of anilines is 2. The summed E-state index contributed by atoms with van der Waals surface area (Å²) in [5.74, 6) is 6.97. The quantitative estimate of drug-likeness (QED) is 0.177. The zero-order valence-corrected chi connectivity index (χ0v) is 20.4. The minimum absolute atomic E-state index is 0.175. The molecule has 0 spiro atoms. The van der Waals surface area contributed by atoms with E-state index in [9.17, 15) is 9.90 Å². The van der Waals surface area contributed by atoms with Crippen molar-refractivity contribution in [2.24, 2.45) is 5.92 Å². The third-order valence-corrected chi connectivity index (χ3v) is 4.72. The number of ether oxygens (including phenoxy) is 1. The summed E-state index contributed by atoms with van der Waals surface area (Å²) in [6, 6.07) is 0. The Hall–Kier alpha value is -3.11. The second-order valence-electron chi connectivity index (χ2n) is 7.93. The van der Waals surface area contributed by atoms with E-state index in [0.29, 0.717) is 30.8 Å². The Labute approximate surface area is 198 Å². The molecule has 33 heavy (non-hydrogen) atoms. The standard InChI is InChI=1S/C26H38N4O3/c1-6-13-21(18-31)16-17-28-24-22(23(7-2)29-26(27)30-24)15-12-10-8-9-11-14-20(5)25(32)33-19(3)4/h8-9,11,14,19,21,31H,5-7,10,13,16-18H2,1-4H3,(H3,27,28,29,30)/b9-8-,14-11-. The van der Waals surface area contributed by atoms with Crippen LogP contribution in [0.4, 0.5) is 11.8 Å². The molecule has 7 heteroatoms. The van der Waals surface area contributed by atoms with Crippen molar-refractivity contribution < 1.29 is 14.6 Å². The second kappa shape index (κ2) is 15.7. The number of allylic oxidation sites excluding steroid dienone is 3. The number of esters is 1. The molecule has 0 aliphatic heterocycles. The lowest BCUT2D eigenvalue weighted by Gasteiger charge is -2.15. The van der Waals surface area contributed by atoms with Crippen LogP contribution in [0.15, 0.2) is 36.5 Å². The van der Waals surface area contributed by atoms with Gasteiger partial charge in [-0.05, 0) is 45.1 Å². The highest BCUT2D eigenvalue weighted by Gasteiger charge is 2.12. The maximum atomic E-state index is 11.7. The van der Waals surface area contributed by atoms with Gasteiger partial charge in [0.2, 0.25) is 5.95 Å². The zero-order valence-electron chi connectivity index (χ0n) is 20.4. The van der Waals surface area contributed by atoms with Gasteiger partial charge in [-0.1, -0.05) is 56.9 Å². The number of carbonyl (C=O) groups is 1. The van der Waals surface area contributed by atoms with Gasteiger partial charge in [0.1, 0.15) is 5.82 Å². The first-order valence-electron chi connectivity index (χ1n) is 11.5. The van der Waals surface area contributed by atoms with Crippen LogP contribution >= 0.6 is 0 Å². The van der Waals surface area contributed by atoms with Crippen LogP contribution in [0.2, 0.25) is 0 Å². The van der Waals surface area contributed by atoms with Crippen LogP contribution in [0.1, 0.15) is 64.6 Å². The fourth-order valence-corrected chi connectivity index (χ4v) is 3.05. The summed E-state index contributed by atoms with van der Waals surface area (Å²) in [5.41, 5.74) is 7.72. The Morgan fingerprint density at radius 2 is 2.03 bits per heavy atom. The van der Waals surface area contributed by atoms with Crippen LogP contribution in [0, 0.1) is 17.8 Å². The molecular weight excluding hydrogens is 416 g/mol. The molecule has 0 aliphatic carbocycles. The molecule has 1 unspecified atom stereocenters. The molecule has 0 saturated heterocycles. The molecule has 0 aliphatic rings. The van der Waals surface area contributed by atoms with Gasteiger partial charge in [0.15, 0.2) is 0 Å². The first-order chi connectivity index (χ1) is 15.8. The molecular formula is C26H38N4O3. The number of aliphatic hydroxyl groups is 1. The molecule has 1 atom stereocenters. The van der Waals surface area contributed by atoms with Gasteiger partial charge in [-0.15, -0.1) is 0 Å². The zero-order chi connectivity index (χ0) is 24.6. The van der Waals surface area contributed by atoms with E-state index in [2.05, 4.69) is 40.6 Å². The van der Waals surface area contributed by atoms with Crippen LogP contribution in [0.3, 0.4) is 0 Å². The number of carbonyl (C=O) groups excluding carboxylic acids is 1. The van der Waals surface area contributed by atoms with Gasteiger partial charge in [0, 0.05) is 19.6 Å². The molecule has 1 rings (SSSR count).